The molecule has 0 aliphatic heterocycles. The third kappa shape index (κ3) is 5.85. The van der Waals surface area contributed by atoms with Gasteiger partial charge in [0, 0.05) is 18.0 Å². The summed E-state index contributed by atoms with van der Waals surface area (Å²) in [6.07, 6.45) is 2.89. The summed E-state index contributed by atoms with van der Waals surface area (Å²) in [7, 11) is 0. The van der Waals surface area contributed by atoms with Crippen LogP contribution >= 0.6 is 0 Å². The number of amides is 2. The number of hydrogen-bond acceptors (Lipinski definition) is 5. The summed E-state index contributed by atoms with van der Waals surface area (Å²) in [5, 5.41) is 21.7. The second kappa shape index (κ2) is 10.4. The van der Waals surface area contributed by atoms with Crippen molar-refractivity contribution in [2.24, 2.45) is 5.41 Å². The van der Waals surface area contributed by atoms with E-state index in [2.05, 4.69) is 10.3 Å². The van der Waals surface area contributed by atoms with Crippen LogP contribution in [0.15, 0.2) is 67.0 Å². The average Bonchev–Trinajstić information content (AvgIpc) is 3.30. The van der Waals surface area contributed by atoms with Gasteiger partial charge in [0.05, 0.1) is 19.1 Å². The van der Waals surface area contributed by atoms with Gasteiger partial charge in [-0.15, -0.1) is 0 Å². The van der Waals surface area contributed by atoms with Gasteiger partial charge in [0.15, 0.2) is 0 Å². The van der Waals surface area contributed by atoms with Crippen molar-refractivity contribution in [1.82, 2.24) is 20.3 Å². The highest BCUT2D eigenvalue weighted by molar-refractivity contribution is 5.87. The van der Waals surface area contributed by atoms with Gasteiger partial charge in [0.2, 0.25) is 11.8 Å². The summed E-state index contributed by atoms with van der Waals surface area (Å²) >= 11 is 0. The maximum Gasteiger partial charge on any atom is 0.245 e. The van der Waals surface area contributed by atoms with Crippen LogP contribution in [0.1, 0.15) is 33.2 Å². The monoisotopic (exact) mass is 450 g/mol. The Kier molecular flexibility index (Phi) is 7.63. The molecule has 1 heterocycles. The molecule has 0 bridgehead atoms. The topological polar surface area (TPSA) is 116 Å². The lowest BCUT2D eigenvalue weighted by molar-refractivity contribution is -0.134. The summed E-state index contributed by atoms with van der Waals surface area (Å²) < 4.78 is 1.62. The molecule has 3 aromatic rings. The molecule has 0 saturated carbocycles. The van der Waals surface area contributed by atoms with Gasteiger partial charge in [0.1, 0.15) is 11.9 Å². The third-order valence-corrected chi connectivity index (χ3v) is 5.58. The number of aliphatic hydroxyl groups is 1. The van der Waals surface area contributed by atoms with E-state index < -0.39 is 29.3 Å². The fourth-order valence-electron chi connectivity index (χ4n) is 3.60. The van der Waals surface area contributed by atoms with Crippen LogP contribution in [-0.4, -0.2) is 44.3 Å². The van der Waals surface area contributed by atoms with Gasteiger partial charge in [-0.2, -0.15) is 0 Å². The van der Waals surface area contributed by atoms with Crippen LogP contribution in [0.5, 0.6) is 0 Å². The summed E-state index contributed by atoms with van der Waals surface area (Å²) in [6.45, 7) is 5.47. The van der Waals surface area contributed by atoms with E-state index in [1.165, 1.54) is 0 Å². The minimum absolute atomic E-state index is 0.246. The highest BCUT2D eigenvalue weighted by atomic mass is 16.5. The molecule has 0 aliphatic rings. The molecule has 1 unspecified atom stereocenters. The molecule has 2 aromatic carbocycles. The summed E-state index contributed by atoms with van der Waals surface area (Å²) in [5.41, 5.74) is 4.02. The Balaban J connectivity index is 1.98. The molecule has 0 saturated heterocycles. The molecule has 0 fully saturated rings. The van der Waals surface area contributed by atoms with Crippen LogP contribution in [0, 0.1) is 5.41 Å². The molecule has 2 atom stereocenters. The molecule has 0 spiro atoms. The number of carbonyl (C=O) groups excluding carboxylic acids is 2. The zero-order valence-electron chi connectivity index (χ0n) is 19.0. The Morgan fingerprint density at radius 1 is 1.03 bits per heavy atom. The summed E-state index contributed by atoms with van der Waals surface area (Å²) in [6, 6.07) is 16.2. The first-order chi connectivity index (χ1) is 15.7. The first-order valence-electron chi connectivity index (χ1n) is 10.8. The van der Waals surface area contributed by atoms with E-state index in [-0.39, 0.29) is 13.0 Å². The number of aliphatic hydroxyl groups excluding tert-OH is 1. The molecule has 1 aromatic heterocycles. The molecule has 0 aliphatic carbocycles. The fraction of sp³-hybridized carbons (Fsp3) is 0.320. The molecule has 3 rings (SSSR count). The van der Waals surface area contributed by atoms with Gasteiger partial charge >= 0.3 is 0 Å². The minimum Gasteiger partial charge on any atom is -0.394 e. The minimum atomic E-state index is -0.980. The van der Waals surface area contributed by atoms with Crippen molar-refractivity contribution in [3.8, 4) is 22.5 Å². The van der Waals surface area contributed by atoms with Crippen molar-refractivity contribution < 1.29 is 19.9 Å². The zero-order valence-corrected chi connectivity index (χ0v) is 19.0. The molecule has 4 N–H and O–H groups in total. The number of hydroxylamine groups is 1. The molecule has 33 heavy (non-hydrogen) atoms. The van der Waals surface area contributed by atoms with E-state index in [4.69, 9.17) is 5.21 Å². The van der Waals surface area contributed by atoms with Gasteiger partial charge < -0.3 is 15.0 Å². The van der Waals surface area contributed by atoms with Crippen LogP contribution in [0.2, 0.25) is 0 Å². The van der Waals surface area contributed by atoms with Crippen LogP contribution < -0.4 is 10.8 Å². The summed E-state index contributed by atoms with van der Waals surface area (Å²) in [5.74, 6) is -0.648. The highest BCUT2D eigenvalue weighted by Gasteiger charge is 2.31. The maximum absolute atomic E-state index is 13.2. The number of hydrogen-bond donors (Lipinski definition) is 4. The lowest BCUT2D eigenvalue weighted by atomic mass is 9.87. The van der Waals surface area contributed by atoms with E-state index in [0.717, 1.165) is 16.7 Å². The first kappa shape index (κ1) is 24.2. The van der Waals surface area contributed by atoms with E-state index in [1.807, 2.05) is 75.4 Å². The predicted octanol–water partition coefficient (Wildman–Crippen LogP) is 3.18. The third-order valence-electron chi connectivity index (χ3n) is 5.58. The molecule has 8 nitrogen and oxygen atoms in total. The van der Waals surface area contributed by atoms with Crippen LogP contribution in [0.3, 0.4) is 0 Å². The second-order valence-electron chi connectivity index (χ2n) is 8.97. The van der Waals surface area contributed by atoms with Crippen molar-refractivity contribution in [3.63, 3.8) is 0 Å². The van der Waals surface area contributed by atoms with Crippen LogP contribution in [0.25, 0.3) is 22.5 Å². The lowest BCUT2D eigenvalue weighted by Gasteiger charge is -2.31. The predicted molar refractivity (Wildman–Crippen MR) is 125 cm³/mol. The quantitative estimate of drug-likeness (QED) is 0.311. The van der Waals surface area contributed by atoms with Crippen LogP contribution in [0.4, 0.5) is 0 Å². The van der Waals surface area contributed by atoms with Gasteiger partial charge in [0.25, 0.3) is 0 Å². The fourth-order valence-corrected chi connectivity index (χ4v) is 3.60. The smallest absolute Gasteiger partial charge is 0.245 e. The molecule has 174 valence electrons. The highest BCUT2D eigenvalue weighted by Crippen LogP contribution is 2.28. The zero-order chi connectivity index (χ0) is 24.0. The van der Waals surface area contributed by atoms with E-state index >= 15 is 0 Å². The van der Waals surface area contributed by atoms with E-state index in [0.29, 0.717) is 5.82 Å². The van der Waals surface area contributed by atoms with Crippen molar-refractivity contribution in [2.45, 2.75) is 39.3 Å². The Bertz CT molecular complexity index is 1090. The van der Waals surface area contributed by atoms with Crippen LogP contribution in [-0.2, 0) is 9.59 Å². The largest absolute Gasteiger partial charge is 0.394 e. The van der Waals surface area contributed by atoms with Gasteiger partial charge in [-0.3, -0.25) is 14.8 Å². The molecule has 2 amide bonds. The molecular weight excluding hydrogens is 420 g/mol. The van der Waals surface area contributed by atoms with Crippen molar-refractivity contribution in [2.75, 3.05) is 6.61 Å². The number of imidazole rings is 1. The van der Waals surface area contributed by atoms with E-state index in [1.54, 1.807) is 22.4 Å². The Morgan fingerprint density at radius 3 is 2.33 bits per heavy atom. The lowest BCUT2D eigenvalue weighted by Crippen LogP contribution is -2.49. The molecular formula is C25H30N4O4. The second-order valence-corrected chi connectivity index (χ2v) is 8.97. The Labute approximate surface area is 193 Å². The van der Waals surface area contributed by atoms with E-state index in [9.17, 15) is 14.7 Å². The molecule has 0 radical (unpaired) electrons. The number of rotatable bonds is 8. The number of aromatic nitrogens is 2. The number of nitrogens with zero attached hydrogens (tertiary/aromatic N) is 2. The first-order valence-corrected chi connectivity index (χ1v) is 10.8. The Morgan fingerprint density at radius 2 is 1.70 bits per heavy atom. The Hall–Kier alpha value is -3.49. The van der Waals surface area contributed by atoms with Crippen molar-refractivity contribution >= 4 is 11.8 Å². The van der Waals surface area contributed by atoms with Gasteiger partial charge in [-0.25, -0.2) is 10.5 Å². The van der Waals surface area contributed by atoms with Crippen molar-refractivity contribution in [3.05, 3.63) is 67.0 Å². The maximum atomic E-state index is 13.2. The normalized spacial score (nSPS) is 13.2. The molecule has 8 heteroatoms. The van der Waals surface area contributed by atoms with Crippen molar-refractivity contribution in [1.29, 1.82) is 0 Å². The standard InChI is InChI=1S/C25H30N4O4/c1-25(2,3)21(16-30)27-24(32)20(15-22(31)28-33)29-13-12-26-23(29)19-11-7-10-18(14-19)17-8-5-4-6-9-17/h4-14,20-21,30,33H,15-16H2,1-3H3,(H,27,32)(H,28,31)/t20?,21-/m1/s1. The SMILES string of the molecule is CC(C)(C)[C@@H](CO)NC(=O)C(CC(=O)NO)n1ccnc1-c1cccc(-c2ccccc2)c1. The van der Waals surface area contributed by atoms with Gasteiger partial charge in [-0.1, -0.05) is 69.3 Å². The van der Waals surface area contributed by atoms with Gasteiger partial charge in [-0.05, 0) is 22.6 Å². The number of nitrogens with one attached hydrogen (secondary N) is 2. The number of benzene rings is 2. The average molecular weight is 451 g/mol. The summed E-state index contributed by atoms with van der Waals surface area (Å²) in [4.78, 5) is 29.7. The number of carbonyl (C=O) groups is 2.